The van der Waals surface area contributed by atoms with Crippen molar-refractivity contribution in [3.05, 3.63) is 32.3 Å². The van der Waals surface area contributed by atoms with Crippen molar-refractivity contribution >= 4 is 40.8 Å². The summed E-state index contributed by atoms with van der Waals surface area (Å²) in [6.45, 7) is 1.44. The summed E-state index contributed by atoms with van der Waals surface area (Å²) in [5.74, 6) is -0.518. The normalized spacial score (nSPS) is 10.6. The summed E-state index contributed by atoms with van der Waals surface area (Å²) in [6.07, 6.45) is 1.13. The van der Waals surface area contributed by atoms with E-state index in [4.69, 9.17) is 17.3 Å². The highest BCUT2D eigenvalue weighted by molar-refractivity contribution is 7.80. The maximum Gasteiger partial charge on any atom is 0.315 e. The van der Waals surface area contributed by atoms with Crippen LogP contribution in [0.4, 0.5) is 5.69 Å². The number of hydrogen-bond acceptors (Lipinski definition) is 5. The second kappa shape index (κ2) is 5.61. The Morgan fingerprint density at radius 3 is 2.89 bits per heavy atom. The van der Waals surface area contributed by atoms with Gasteiger partial charge in [-0.15, -0.1) is 0 Å². The van der Waals surface area contributed by atoms with Crippen molar-refractivity contribution in [3.63, 3.8) is 0 Å². The molecule has 0 fully saturated rings. The van der Waals surface area contributed by atoms with E-state index in [9.17, 15) is 15.2 Å². The lowest BCUT2D eigenvalue weighted by molar-refractivity contribution is -0.386. The number of phenols is 1. The molecule has 18 heavy (non-hydrogen) atoms. The molecule has 0 saturated heterocycles. The second-order valence-corrected chi connectivity index (χ2v) is 4.11. The number of nitro groups is 1. The molecule has 0 atom stereocenters. The number of nitro benzene ring substituents is 1. The highest BCUT2D eigenvalue weighted by Gasteiger charge is 2.22. The Balaban J connectivity index is 3.26. The first-order valence-electron chi connectivity index (χ1n) is 4.59. The number of thiocarbonyl (C=S) groups is 1. The third-order valence-electron chi connectivity index (χ3n) is 2.05. The van der Waals surface area contributed by atoms with E-state index in [1.807, 2.05) is 0 Å². The Labute approximate surface area is 112 Å². The van der Waals surface area contributed by atoms with Crippen LogP contribution in [0.5, 0.6) is 5.75 Å². The minimum absolute atomic E-state index is 0.0709. The van der Waals surface area contributed by atoms with Crippen LogP contribution in [0.1, 0.15) is 11.1 Å². The van der Waals surface area contributed by atoms with Gasteiger partial charge in [0, 0.05) is 11.1 Å². The average Bonchev–Trinajstić information content (AvgIpc) is 2.24. The fourth-order valence-electron chi connectivity index (χ4n) is 1.23. The lowest BCUT2D eigenvalue weighted by Gasteiger charge is -2.05. The standard InChI is InChI=1S/C9H9ClN4O3S/c1-4-6(10)2-5(3-12-13-9(11)18)8(15)7(4)14(16)17/h2-3,15H,1H3,(H3,11,13,18). The van der Waals surface area contributed by atoms with Crippen LogP contribution in [0.15, 0.2) is 11.2 Å². The zero-order valence-corrected chi connectivity index (χ0v) is 10.7. The van der Waals surface area contributed by atoms with Gasteiger partial charge in [-0.2, -0.15) is 5.10 Å². The molecule has 1 rings (SSSR count). The molecule has 0 aliphatic carbocycles. The number of nitrogens with two attached hydrogens (primary N) is 1. The van der Waals surface area contributed by atoms with Crippen molar-refractivity contribution in [2.24, 2.45) is 10.8 Å². The summed E-state index contributed by atoms with van der Waals surface area (Å²) in [6, 6.07) is 1.35. The molecule has 0 amide bonds. The van der Waals surface area contributed by atoms with Crippen molar-refractivity contribution in [2.75, 3.05) is 0 Å². The van der Waals surface area contributed by atoms with E-state index in [0.29, 0.717) is 0 Å². The van der Waals surface area contributed by atoms with Crippen LogP contribution >= 0.6 is 23.8 Å². The number of benzene rings is 1. The van der Waals surface area contributed by atoms with Crippen molar-refractivity contribution in [1.82, 2.24) is 5.43 Å². The second-order valence-electron chi connectivity index (χ2n) is 3.26. The Bertz CT molecular complexity index is 547. The molecule has 0 saturated carbocycles. The van der Waals surface area contributed by atoms with Gasteiger partial charge in [0.15, 0.2) is 5.11 Å². The van der Waals surface area contributed by atoms with Gasteiger partial charge in [0.25, 0.3) is 0 Å². The van der Waals surface area contributed by atoms with E-state index in [0.717, 1.165) is 6.21 Å². The summed E-state index contributed by atoms with van der Waals surface area (Å²) in [7, 11) is 0. The Hall–Kier alpha value is -1.93. The summed E-state index contributed by atoms with van der Waals surface area (Å²) in [5.41, 5.74) is 7.20. The van der Waals surface area contributed by atoms with Gasteiger partial charge in [-0.05, 0) is 25.2 Å². The molecule has 0 radical (unpaired) electrons. The summed E-state index contributed by atoms with van der Waals surface area (Å²) in [5, 5.41) is 24.2. The zero-order valence-electron chi connectivity index (χ0n) is 9.18. The van der Waals surface area contributed by atoms with Crippen molar-refractivity contribution in [3.8, 4) is 5.75 Å². The number of rotatable bonds is 3. The van der Waals surface area contributed by atoms with Crippen LogP contribution in [0.25, 0.3) is 0 Å². The van der Waals surface area contributed by atoms with Gasteiger partial charge in [-0.1, -0.05) is 11.6 Å². The highest BCUT2D eigenvalue weighted by Crippen LogP contribution is 2.36. The Morgan fingerprint density at radius 2 is 2.39 bits per heavy atom. The molecule has 0 aliphatic heterocycles. The van der Waals surface area contributed by atoms with Gasteiger partial charge in [-0.3, -0.25) is 15.5 Å². The first-order valence-corrected chi connectivity index (χ1v) is 5.38. The van der Waals surface area contributed by atoms with Crippen LogP contribution in [-0.2, 0) is 0 Å². The predicted molar refractivity (Wildman–Crippen MR) is 72.0 cm³/mol. The molecule has 0 aromatic heterocycles. The number of aromatic hydroxyl groups is 1. The summed E-state index contributed by atoms with van der Waals surface area (Å²) < 4.78 is 0. The molecule has 0 bridgehead atoms. The lowest BCUT2D eigenvalue weighted by atomic mass is 10.1. The third kappa shape index (κ3) is 3.05. The van der Waals surface area contributed by atoms with Crippen LogP contribution in [0, 0.1) is 17.0 Å². The van der Waals surface area contributed by atoms with E-state index in [2.05, 4.69) is 22.7 Å². The third-order valence-corrected chi connectivity index (χ3v) is 2.54. The zero-order chi connectivity index (χ0) is 13.9. The smallest absolute Gasteiger partial charge is 0.315 e. The minimum atomic E-state index is -0.713. The van der Waals surface area contributed by atoms with Gasteiger partial charge < -0.3 is 10.8 Å². The van der Waals surface area contributed by atoms with E-state index >= 15 is 0 Å². The molecular formula is C9H9ClN4O3S. The SMILES string of the molecule is Cc1c(Cl)cc(C=NNC(N)=S)c(O)c1[N+](=O)[O-]. The van der Waals surface area contributed by atoms with Crippen LogP contribution in [0.2, 0.25) is 5.02 Å². The van der Waals surface area contributed by atoms with Crippen molar-refractivity contribution in [2.45, 2.75) is 6.92 Å². The Kier molecular flexibility index (Phi) is 4.40. The molecule has 0 aliphatic rings. The summed E-state index contributed by atoms with van der Waals surface area (Å²) in [4.78, 5) is 10.1. The number of nitrogens with one attached hydrogen (secondary N) is 1. The molecule has 0 unspecified atom stereocenters. The van der Waals surface area contributed by atoms with Crippen LogP contribution in [0.3, 0.4) is 0 Å². The fourth-order valence-corrected chi connectivity index (χ4v) is 1.49. The molecule has 7 nitrogen and oxygen atoms in total. The highest BCUT2D eigenvalue weighted by atomic mass is 35.5. The molecule has 1 aromatic rings. The number of halogens is 1. The van der Waals surface area contributed by atoms with Gasteiger partial charge in [-0.25, -0.2) is 0 Å². The topological polar surface area (TPSA) is 114 Å². The van der Waals surface area contributed by atoms with Crippen molar-refractivity contribution in [1.29, 1.82) is 0 Å². The van der Waals surface area contributed by atoms with Gasteiger partial charge in [0.2, 0.25) is 5.75 Å². The molecular weight excluding hydrogens is 280 g/mol. The Morgan fingerprint density at radius 1 is 1.78 bits per heavy atom. The van der Waals surface area contributed by atoms with Gasteiger partial charge >= 0.3 is 5.69 Å². The number of nitrogens with zero attached hydrogens (tertiary/aromatic N) is 2. The van der Waals surface area contributed by atoms with E-state index in [1.54, 1.807) is 0 Å². The minimum Gasteiger partial charge on any atom is -0.502 e. The molecule has 1 aromatic carbocycles. The van der Waals surface area contributed by atoms with E-state index in [-0.39, 0.29) is 21.3 Å². The number of phenolic OH excluding ortho intramolecular Hbond substituents is 1. The average molecular weight is 289 g/mol. The van der Waals surface area contributed by atoms with Gasteiger partial charge in [0.1, 0.15) is 0 Å². The molecule has 0 heterocycles. The quantitative estimate of drug-likeness (QED) is 0.335. The van der Waals surface area contributed by atoms with E-state index < -0.39 is 16.4 Å². The van der Waals surface area contributed by atoms with E-state index in [1.165, 1.54) is 13.0 Å². The number of hydrogen-bond donors (Lipinski definition) is 3. The fraction of sp³-hybridized carbons (Fsp3) is 0.111. The molecule has 9 heteroatoms. The lowest BCUT2D eigenvalue weighted by Crippen LogP contribution is -2.24. The summed E-state index contributed by atoms with van der Waals surface area (Å²) >= 11 is 10.3. The molecule has 4 N–H and O–H groups in total. The predicted octanol–water partition coefficient (Wildman–Crippen LogP) is 1.43. The van der Waals surface area contributed by atoms with Crippen LogP contribution < -0.4 is 11.2 Å². The molecule has 96 valence electrons. The molecule has 0 spiro atoms. The first-order chi connectivity index (χ1) is 8.34. The largest absolute Gasteiger partial charge is 0.502 e. The maximum atomic E-state index is 10.8. The maximum absolute atomic E-state index is 10.8. The van der Waals surface area contributed by atoms with Crippen molar-refractivity contribution < 1.29 is 10.0 Å². The van der Waals surface area contributed by atoms with Gasteiger partial charge in [0.05, 0.1) is 16.2 Å². The van der Waals surface area contributed by atoms with Crippen LogP contribution in [-0.4, -0.2) is 21.4 Å². The first kappa shape index (κ1) is 14.1. The monoisotopic (exact) mass is 288 g/mol. The number of hydrazone groups is 1.